The number of benzene rings is 9. The fraction of sp³-hybridized carbons (Fsp3) is 0. The fourth-order valence-electron chi connectivity index (χ4n) is 7.49. The van der Waals surface area contributed by atoms with E-state index in [0.717, 1.165) is 17.1 Å². The standard InChI is InChI=1S/C52H37N/c1-4-14-40(15-5-1)47-20-10-11-21-48(47)42-28-26-38(27-29-42)39-30-34-45(35-31-39)53(44-18-8-3-9-19-44)46-36-32-43(33-37-46)50-23-13-24-51-49(22-12-25-52(50)51)41-16-6-2-7-17-41/h1-37H. The van der Waals surface area contributed by atoms with E-state index in [4.69, 9.17) is 0 Å². The van der Waals surface area contributed by atoms with Crippen LogP contribution in [-0.4, -0.2) is 0 Å². The van der Waals surface area contributed by atoms with Crippen LogP contribution < -0.4 is 4.90 Å². The Kier molecular flexibility index (Phi) is 8.66. The van der Waals surface area contributed by atoms with Gasteiger partial charge in [0.05, 0.1) is 0 Å². The average Bonchev–Trinajstić information content (AvgIpc) is 3.25. The molecule has 0 bridgehead atoms. The average molecular weight is 676 g/mol. The van der Waals surface area contributed by atoms with Crippen LogP contribution in [0.4, 0.5) is 17.1 Å². The number of nitrogens with zero attached hydrogens (tertiary/aromatic N) is 1. The molecule has 0 heterocycles. The molecule has 0 unspecified atom stereocenters. The number of hydrogen-bond acceptors (Lipinski definition) is 1. The van der Waals surface area contributed by atoms with Crippen molar-refractivity contribution in [3.8, 4) is 55.6 Å². The Labute approximate surface area is 311 Å². The van der Waals surface area contributed by atoms with Crippen molar-refractivity contribution in [2.24, 2.45) is 0 Å². The van der Waals surface area contributed by atoms with E-state index in [9.17, 15) is 0 Å². The first-order valence-corrected chi connectivity index (χ1v) is 18.2. The van der Waals surface area contributed by atoms with Gasteiger partial charge in [-0.15, -0.1) is 0 Å². The Morgan fingerprint density at radius 1 is 0.189 bits per heavy atom. The van der Waals surface area contributed by atoms with Crippen LogP contribution in [0.1, 0.15) is 0 Å². The van der Waals surface area contributed by atoms with Crippen molar-refractivity contribution in [1.29, 1.82) is 0 Å². The highest BCUT2D eigenvalue weighted by Gasteiger charge is 2.15. The van der Waals surface area contributed by atoms with E-state index in [0.29, 0.717) is 0 Å². The maximum absolute atomic E-state index is 2.33. The zero-order valence-corrected chi connectivity index (χ0v) is 29.3. The highest BCUT2D eigenvalue weighted by atomic mass is 15.1. The van der Waals surface area contributed by atoms with Crippen molar-refractivity contribution in [1.82, 2.24) is 0 Å². The number of para-hydroxylation sites is 1. The predicted molar refractivity (Wildman–Crippen MR) is 226 cm³/mol. The SMILES string of the molecule is c1ccc(-c2ccccc2-c2ccc(-c3ccc(N(c4ccccc4)c4ccc(-c5cccc6c(-c7ccccc7)cccc56)cc4)cc3)cc2)cc1. The molecule has 0 N–H and O–H groups in total. The minimum absolute atomic E-state index is 1.11. The van der Waals surface area contributed by atoms with E-state index in [-0.39, 0.29) is 0 Å². The first-order valence-electron chi connectivity index (χ1n) is 18.2. The Bertz CT molecular complexity index is 2610. The summed E-state index contributed by atoms with van der Waals surface area (Å²) in [6.45, 7) is 0. The molecule has 0 fully saturated rings. The third-order valence-corrected chi connectivity index (χ3v) is 10.1. The fourth-order valence-corrected chi connectivity index (χ4v) is 7.49. The minimum atomic E-state index is 1.11. The Morgan fingerprint density at radius 2 is 0.491 bits per heavy atom. The van der Waals surface area contributed by atoms with Gasteiger partial charge in [-0.05, 0) is 103 Å². The van der Waals surface area contributed by atoms with Gasteiger partial charge in [0.1, 0.15) is 0 Å². The molecule has 0 aliphatic heterocycles. The maximum atomic E-state index is 2.33. The second kappa shape index (κ2) is 14.3. The largest absolute Gasteiger partial charge is 0.311 e. The van der Waals surface area contributed by atoms with Gasteiger partial charge < -0.3 is 4.90 Å². The summed E-state index contributed by atoms with van der Waals surface area (Å²) in [6.07, 6.45) is 0. The molecule has 0 amide bonds. The summed E-state index contributed by atoms with van der Waals surface area (Å²) in [7, 11) is 0. The topological polar surface area (TPSA) is 3.24 Å². The molecule has 9 rings (SSSR count). The van der Waals surface area contributed by atoms with Crippen LogP contribution in [0.15, 0.2) is 224 Å². The van der Waals surface area contributed by atoms with E-state index in [1.54, 1.807) is 0 Å². The number of hydrogen-bond donors (Lipinski definition) is 0. The Morgan fingerprint density at radius 3 is 0.981 bits per heavy atom. The van der Waals surface area contributed by atoms with Crippen LogP contribution in [0.2, 0.25) is 0 Å². The molecule has 1 nitrogen and oxygen atoms in total. The lowest BCUT2D eigenvalue weighted by atomic mass is 9.93. The number of rotatable bonds is 8. The molecule has 53 heavy (non-hydrogen) atoms. The summed E-state index contributed by atoms with van der Waals surface area (Å²) < 4.78 is 0. The normalized spacial score (nSPS) is 11.0. The molecule has 9 aromatic carbocycles. The first kappa shape index (κ1) is 32.0. The molecule has 0 saturated carbocycles. The summed E-state index contributed by atoms with van der Waals surface area (Å²) in [6, 6.07) is 80.6. The van der Waals surface area contributed by atoms with Gasteiger partial charge in [0.2, 0.25) is 0 Å². The van der Waals surface area contributed by atoms with Crippen molar-refractivity contribution < 1.29 is 0 Å². The molecule has 0 radical (unpaired) electrons. The monoisotopic (exact) mass is 675 g/mol. The summed E-state index contributed by atoms with van der Waals surface area (Å²) in [5, 5.41) is 2.52. The van der Waals surface area contributed by atoms with Crippen LogP contribution in [0, 0.1) is 0 Å². The van der Waals surface area contributed by atoms with Crippen LogP contribution in [0.25, 0.3) is 66.4 Å². The molecule has 0 atom stereocenters. The van der Waals surface area contributed by atoms with Gasteiger partial charge in [0.15, 0.2) is 0 Å². The minimum Gasteiger partial charge on any atom is -0.311 e. The lowest BCUT2D eigenvalue weighted by Gasteiger charge is -2.26. The summed E-state index contributed by atoms with van der Waals surface area (Å²) >= 11 is 0. The van der Waals surface area contributed by atoms with Crippen LogP contribution >= 0.6 is 0 Å². The Hall–Kier alpha value is -6.96. The molecule has 0 aliphatic carbocycles. The van der Waals surface area contributed by atoms with E-state index in [2.05, 4.69) is 229 Å². The van der Waals surface area contributed by atoms with Gasteiger partial charge in [0, 0.05) is 17.1 Å². The zero-order chi connectivity index (χ0) is 35.4. The van der Waals surface area contributed by atoms with Gasteiger partial charge in [-0.1, -0.05) is 188 Å². The number of anilines is 3. The highest BCUT2D eigenvalue weighted by Crippen LogP contribution is 2.39. The van der Waals surface area contributed by atoms with Crippen LogP contribution in [0.3, 0.4) is 0 Å². The van der Waals surface area contributed by atoms with Gasteiger partial charge in [-0.3, -0.25) is 0 Å². The second-order valence-corrected chi connectivity index (χ2v) is 13.3. The van der Waals surface area contributed by atoms with Gasteiger partial charge in [0.25, 0.3) is 0 Å². The summed E-state index contributed by atoms with van der Waals surface area (Å²) in [4.78, 5) is 2.33. The third-order valence-electron chi connectivity index (χ3n) is 10.1. The van der Waals surface area contributed by atoms with Crippen molar-refractivity contribution >= 4 is 27.8 Å². The van der Waals surface area contributed by atoms with Crippen LogP contribution in [0.5, 0.6) is 0 Å². The van der Waals surface area contributed by atoms with Crippen molar-refractivity contribution in [3.05, 3.63) is 224 Å². The van der Waals surface area contributed by atoms with Gasteiger partial charge in [-0.25, -0.2) is 0 Å². The van der Waals surface area contributed by atoms with Crippen molar-refractivity contribution in [2.45, 2.75) is 0 Å². The quantitative estimate of drug-likeness (QED) is 0.155. The molecule has 0 saturated heterocycles. The highest BCUT2D eigenvalue weighted by molar-refractivity contribution is 6.04. The van der Waals surface area contributed by atoms with E-state index >= 15 is 0 Å². The molecule has 0 aliphatic rings. The van der Waals surface area contributed by atoms with Crippen molar-refractivity contribution in [2.75, 3.05) is 4.90 Å². The van der Waals surface area contributed by atoms with Crippen molar-refractivity contribution in [3.63, 3.8) is 0 Å². The zero-order valence-electron chi connectivity index (χ0n) is 29.3. The van der Waals surface area contributed by atoms with Gasteiger partial charge in [-0.2, -0.15) is 0 Å². The maximum Gasteiger partial charge on any atom is 0.0462 e. The smallest absolute Gasteiger partial charge is 0.0462 e. The molecule has 0 spiro atoms. The summed E-state index contributed by atoms with van der Waals surface area (Å²) in [5.41, 5.74) is 15.6. The van der Waals surface area contributed by atoms with E-state index < -0.39 is 0 Å². The number of fused-ring (bicyclic) bond motifs is 1. The molecule has 0 aromatic heterocycles. The Balaban J connectivity index is 1.02. The second-order valence-electron chi connectivity index (χ2n) is 13.3. The lowest BCUT2D eigenvalue weighted by molar-refractivity contribution is 1.28. The van der Waals surface area contributed by atoms with Gasteiger partial charge >= 0.3 is 0 Å². The molecule has 250 valence electrons. The van der Waals surface area contributed by atoms with E-state index in [1.165, 1.54) is 66.4 Å². The molecule has 9 aromatic rings. The molecular formula is C52H37N. The molecular weight excluding hydrogens is 639 g/mol. The molecule has 1 heteroatoms. The third kappa shape index (κ3) is 6.42. The summed E-state index contributed by atoms with van der Waals surface area (Å²) in [5.74, 6) is 0. The van der Waals surface area contributed by atoms with Crippen LogP contribution in [-0.2, 0) is 0 Å². The lowest BCUT2D eigenvalue weighted by Crippen LogP contribution is -2.09. The predicted octanol–water partition coefficient (Wildman–Crippen LogP) is 14.6. The van der Waals surface area contributed by atoms with E-state index in [1.807, 2.05) is 0 Å². The first-order chi connectivity index (χ1) is 26.3.